The van der Waals surface area contributed by atoms with Gasteiger partial charge in [-0.15, -0.1) is 0 Å². The summed E-state index contributed by atoms with van der Waals surface area (Å²) < 4.78 is 0. The van der Waals surface area contributed by atoms with Crippen LogP contribution in [0.25, 0.3) is 21.9 Å². The highest BCUT2D eigenvalue weighted by atomic mass is 35.5. The van der Waals surface area contributed by atoms with Gasteiger partial charge in [-0.05, 0) is 18.2 Å². The first-order valence-corrected chi connectivity index (χ1v) is 5.06. The zero-order chi connectivity index (χ0) is 11.1. The summed E-state index contributed by atoms with van der Waals surface area (Å²) in [6.07, 6.45) is 1.49. The van der Waals surface area contributed by atoms with Gasteiger partial charge in [-0.1, -0.05) is 17.7 Å². The van der Waals surface area contributed by atoms with Crippen molar-refractivity contribution in [2.75, 3.05) is 0 Å². The van der Waals surface area contributed by atoms with Gasteiger partial charge in [-0.2, -0.15) is 0 Å². The van der Waals surface area contributed by atoms with Crippen LogP contribution in [0.3, 0.4) is 0 Å². The van der Waals surface area contributed by atoms with E-state index < -0.39 is 5.69 Å². The average Bonchev–Trinajstić information content (AvgIpc) is 2.27. The lowest BCUT2D eigenvalue weighted by molar-refractivity contribution is 1.10. The second kappa shape index (κ2) is 3.28. The maximum absolute atomic E-state index is 11.1. The second-order valence-corrected chi connectivity index (χ2v) is 3.83. The van der Waals surface area contributed by atoms with Crippen LogP contribution in [0.1, 0.15) is 0 Å². The predicted octanol–water partition coefficient (Wildman–Crippen LogP) is 2.12. The average molecular weight is 232 g/mol. The highest BCUT2D eigenvalue weighted by Crippen LogP contribution is 2.24. The normalized spacial score (nSPS) is 11.1. The van der Waals surface area contributed by atoms with E-state index in [1.807, 2.05) is 18.2 Å². The minimum atomic E-state index is -0.402. The molecule has 1 aromatic carbocycles. The van der Waals surface area contributed by atoms with E-state index in [-0.39, 0.29) is 0 Å². The van der Waals surface area contributed by atoms with Crippen LogP contribution in [0.4, 0.5) is 0 Å². The van der Waals surface area contributed by atoms with Crippen molar-refractivity contribution in [2.45, 2.75) is 0 Å². The number of hydrogen-bond acceptors (Lipinski definition) is 3. The van der Waals surface area contributed by atoms with Crippen molar-refractivity contribution in [1.82, 2.24) is 15.0 Å². The molecule has 0 aliphatic heterocycles. The van der Waals surface area contributed by atoms with Gasteiger partial charge in [-0.25, -0.2) is 14.8 Å². The van der Waals surface area contributed by atoms with Gasteiger partial charge in [0, 0.05) is 22.0 Å². The Labute approximate surface area is 94.9 Å². The van der Waals surface area contributed by atoms with Crippen LogP contribution in [-0.4, -0.2) is 15.0 Å². The summed E-state index contributed by atoms with van der Waals surface area (Å²) in [6, 6.07) is 7.33. The molecule has 1 N–H and O–H groups in total. The molecule has 0 aliphatic carbocycles. The van der Waals surface area contributed by atoms with Crippen molar-refractivity contribution in [1.29, 1.82) is 0 Å². The third-order valence-corrected chi connectivity index (χ3v) is 2.71. The van der Waals surface area contributed by atoms with E-state index in [1.54, 1.807) is 6.07 Å². The van der Waals surface area contributed by atoms with E-state index in [2.05, 4.69) is 15.0 Å². The maximum Gasteiger partial charge on any atom is 0.346 e. The molecule has 16 heavy (non-hydrogen) atoms. The predicted molar refractivity (Wildman–Crippen MR) is 62.7 cm³/mol. The fraction of sp³-hybridized carbons (Fsp3) is 0. The fourth-order valence-corrected chi connectivity index (χ4v) is 1.86. The third-order valence-electron chi connectivity index (χ3n) is 2.38. The first-order valence-electron chi connectivity index (χ1n) is 4.68. The molecule has 0 radical (unpaired) electrons. The van der Waals surface area contributed by atoms with Gasteiger partial charge in [0.1, 0.15) is 5.65 Å². The number of nitrogens with one attached hydrogen (secondary N) is 1. The van der Waals surface area contributed by atoms with Gasteiger partial charge < -0.3 is 0 Å². The Morgan fingerprint density at radius 1 is 1.31 bits per heavy atom. The zero-order valence-corrected chi connectivity index (χ0v) is 8.82. The fourth-order valence-electron chi connectivity index (χ4n) is 1.64. The van der Waals surface area contributed by atoms with Crippen LogP contribution in [-0.2, 0) is 0 Å². The maximum atomic E-state index is 11.1. The van der Waals surface area contributed by atoms with Gasteiger partial charge in [0.25, 0.3) is 0 Å². The molecule has 2 heterocycles. The molecule has 0 amide bonds. The summed E-state index contributed by atoms with van der Waals surface area (Å²) in [5, 5.41) is 2.25. The van der Waals surface area contributed by atoms with Gasteiger partial charge >= 0.3 is 5.69 Å². The minimum absolute atomic E-state index is 0.402. The number of fused-ring (bicyclic) bond motifs is 2. The molecule has 0 bridgehead atoms. The lowest BCUT2D eigenvalue weighted by Crippen LogP contribution is -2.09. The van der Waals surface area contributed by atoms with Crippen LogP contribution in [0.2, 0.25) is 5.02 Å². The van der Waals surface area contributed by atoms with Gasteiger partial charge in [-0.3, -0.25) is 4.98 Å². The molecule has 3 aromatic rings. The Morgan fingerprint density at radius 3 is 3.06 bits per heavy atom. The summed E-state index contributed by atoms with van der Waals surface area (Å²) in [4.78, 5) is 21.6. The van der Waals surface area contributed by atoms with Crippen LogP contribution in [0, 0.1) is 0 Å². The molecule has 5 heteroatoms. The van der Waals surface area contributed by atoms with Crippen molar-refractivity contribution in [2.24, 2.45) is 0 Å². The smallest absolute Gasteiger partial charge is 0.290 e. The van der Waals surface area contributed by atoms with Crippen molar-refractivity contribution >= 4 is 33.5 Å². The Kier molecular flexibility index (Phi) is 1.91. The highest BCUT2D eigenvalue weighted by molar-refractivity contribution is 6.35. The Balaban J connectivity index is 2.53. The summed E-state index contributed by atoms with van der Waals surface area (Å²) in [5.74, 6) is 0. The number of H-pyrrole nitrogens is 1. The molecule has 0 aliphatic rings. The molecular formula is C11H6ClN3O. The van der Waals surface area contributed by atoms with Crippen molar-refractivity contribution in [3.05, 3.63) is 46.0 Å². The van der Waals surface area contributed by atoms with E-state index in [4.69, 9.17) is 11.6 Å². The molecule has 0 saturated carbocycles. The van der Waals surface area contributed by atoms with Crippen LogP contribution >= 0.6 is 11.6 Å². The third kappa shape index (κ3) is 1.35. The zero-order valence-electron chi connectivity index (χ0n) is 8.07. The van der Waals surface area contributed by atoms with E-state index >= 15 is 0 Å². The van der Waals surface area contributed by atoms with Gasteiger partial charge in [0.05, 0.1) is 5.52 Å². The molecule has 0 atom stereocenters. The monoisotopic (exact) mass is 231 g/mol. The van der Waals surface area contributed by atoms with E-state index in [9.17, 15) is 4.79 Å². The lowest BCUT2D eigenvalue weighted by atomic mass is 10.2. The lowest BCUT2D eigenvalue weighted by Gasteiger charge is -2.01. The molecule has 0 saturated heterocycles. The molecule has 0 spiro atoms. The number of aromatic nitrogens is 3. The summed E-state index contributed by atoms with van der Waals surface area (Å²) in [5.41, 5.74) is 0.873. The van der Waals surface area contributed by atoms with E-state index in [1.165, 1.54) is 6.20 Å². The number of benzene rings is 1. The number of pyridine rings is 1. The molecule has 2 aromatic heterocycles. The number of rotatable bonds is 0. The van der Waals surface area contributed by atoms with Crippen molar-refractivity contribution in [3.8, 4) is 0 Å². The SMILES string of the molecule is O=c1ncc2cc3c(Cl)cccc3nc2[nH]1. The molecule has 0 unspecified atom stereocenters. The van der Waals surface area contributed by atoms with E-state index in [0.717, 1.165) is 16.3 Å². The Morgan fingerprint density at radius 2 is 2.19 bits per heavy atom. The second-order valence-electron chi connectivity index (χ2n) is 3.42. The topological polar surface area (TPSA) is 58.6 Å². The Bertz CT molecular complexity index is 751. The Hall–Kier alpha value is -1.94. The molecule has 4 nitrogen and oxygen atoms in total. The first kappa shape index (κ1) is 9.30. The number of nitrogens with zero attached hydrogens (tertiary/aromatic N) is 2. The number of hydrogen-bond donors (Lipinski definition) is 1. The molecule has 0 fully saturated rings. The summed E-state index contributed by atoms with van der Waals surface area (Å²) in [6.45, 7) is 0. The summed E-state index contributed by atoms with van der Waals surface area (Å²) in [7, 11) is 0. The van der Waals surface area contributed by atoms with Crippen LogP contribution < -0.4 is 5.69 Å². The molecule has 3 rings (SSSR count). The quantitative estimate of drug-likeness (QED) is 0.603. The standard InChI is InChI=1S/C11H6ClN3O/c12-8-2-1-3-9-7(8)4-6-5-13-11(16)15-10(6)14-9/h1-5H,(H,13,14,15,16). The summed E-state index contributed by atoms with van der Waals surface area (Å²) >= 11 is 6.06. The molecule has 78 valence electrons. The highest BCUT2D eigenvalue weighted by Gasteiger charge is 2.03. The van der Waals surface area contributed by atoms with Crippen LogP contribution in [0.5, 0.6) is 0 Å². The van der Waals surface area contributed by atoms with E-state index in [0.29, 0.717) is 10.7 Å². The number of aromatic amines is 1. The largest absolute Gasteiger partial charge is 0.346 e. The van der Waals surface area contributed by atoms with Crippen molar-refractivity contribution in [3.63, 3.8) is 0 Å². The minimum Gasteiger partial charge on any atom is -0.290 e. The first-order chi connectivity index (χ1) is 7.74. The van der Waals surface area contributed by atoms with Gasteiger partial charge in [0.2, 0.25) is 0 Å². The molecular weight excluding hydrogens is 226 g/mol. The number of halogens is 1. The van der Waals surface area contributed by atoms with Crippen LogP contribution in [0.15, 0.2) is 35.3 Å². The van der Waals surface area contributed by atoms with Crippen molar-refractivity contribution < 1.29 is 0 Å². The van der Waals surface area contributed by atoms with Gasteiger partial charge in [0.15, 0.2) is 0 Å².